The predicted molar refractivity (Wildman–Crippen MR) is 140 cm³/mol. The highest BCUT2D eigenvalue weighted by molar-refractivity contribution is 5.94. The Morgan fingerprint density at radius 2 is 1.67 bits per heavy atom. The topological polar surface area (TPSA) is 90.2 Å². The number of likely N-dealkylation sites (tertiary alicyclic amines) is 1. The largest absolute Gasteiger partial charge is 0.369 e. The first-order chi connectivity index (χ1) is 17.4. The number of likely N-dealkylation sites (N-methyl/N-ethyl adjacent to an activating group) is 1. The maximum Gasteiger partial charge on any atom is 0.250 e. The Morgan fingerprint density at radius 1 is 1.03 bits per heavy atom. The van der Waals surface area contributed by atoms with Crippen molar-refractivity contribution in [1.29, 1.82) is 0 Å². The van der Waals surface area contributed by atoms with E-state index in [2.05, 4.69) is 4.90 Å². The van der Waals surface area contributed by atoms with Gasteiger partial charge in [-0.1, -0.05) is 55.5 Å². The summed E-state index contributed by atoms with van der Waals surface area (Å²) in [4.78, 5) is 46.0. The number of hydrogen-bond donors (Lipinski definition) is 1. The quantitative estimate of drug-likeness (QED) is 0.550. The summed E-state index contributed by atoms with van der Waals surface area (Å²) in [5.41, 5.74) is 6.82. The Balaban J connectivity index is 1.43. The maximum absolute atomic E-state index is 13.8. The summed E-state index contributed by atoms with van der Waals surface area (Å²) < 4.78 is 0. The minimum absolute atomic E-state index is 0.0207. The summed E-state index contributed by atoms with van der Waals surface area (Å²) in [7, 11) is 0. The first kappa shape index (κ1) is 25.7. The predicted octanol–water partition coefficient (Wildman–Crippen LogP) is 1.91. The number of para-hydroxylation sites is 1. The van der Waals surface area contributed by atoms with Gasteiger partial charge in [-0.3, -0.25) is 19.3 Å². The SMILES string of the molecule is CCN(CCN1CN(c2ccccc2)C2(CCN(C(=O)[CH]Cc3ccccc3)CC2)C1=O)CC(N)=O. The number of anilines is 1. The Bertz CT molecular complexity index is 1040. The number of carbonyl (C=O) groups excluding carboxylic acids is 3. The van der Waals surface area contributed by atoms with E-state index in [1.165, 1.54) is 0 Å². The van der Waals surface area contributed by atoms with Gasteiger partial charge in [0, 0.05) is 31.9 Å². The van der Waals surface area contributed by atoms with E-state index in [1.54, 1.807) is 6.42 Å². The van der Waals surface area contributed by atoms with Gasteiger partial charge < -0.3 is 20.4 Å². The number of carbonyl (C=O) groups is 3. The van der Waals surface area contributed by atoms with Gasteiger partial charge in [-0.25, -0.2) is 0 Å². The molecule has 0 saturated carbocycles. The highest BCUT2D eigenvalue weighted by atomic mass is 16.2. The second-order valence-electron chi connectivity index (χ2n) is 9.56. The number of nitrogens with zero attached hydrogens (tertiary/aromatic N) is 4. The van der Waals surface area contributed by atoms with E-state index < -0.39 is 5.54 Å². The first-order valence-electron chi connectivity index (χ1n) is 12.7. The molecule has 8 heteroatoms. The van der Waals surface area contributed by atoms with Crippen LogP contribution in [0.25, 0.3) is 0 Å². The van der Waals surface area contributed by atoms with Gasteiger partial charge in [0.25, 0.3) is 0 Å². The average Bonchev–Trinajstić information content (AvgIpc) is 3.17. The Hall–Kier alpha value is -3.39. The number of benzene rings is 2. The van der Waals surface area contributed by atoms with E-state index in [0.29, 0.717) is 58.7 Å². The van der Waals surface area contributed by atoms with Gasteiger partial charge in [-0.2, -0.15) is 0 Å². The van der Waals surface area contributed by atoms with E-state index in [1.807, 2.05) is 82.3 Å². The zero-order chi connectivity index (χ0) is 25.5. The van der Waals surface area contributed by atoms with E-state index >= 15 is 0 Å². The molecule has 2 aliphatic heterocycles. The minimum atomic E-state index is -0.668. The lowest BCUT2D eigenvalue weighted by atomic mass is 9.85. The van der Waals surface area contributed by atoms with Gasteiger partial charge in [0.05, 0.1) is 19.6 Å². The lowest BCUT2D eigenvalue weighted by molar-refractivity contribution is -0.137. The van der Waals surface area contributed by atoms with Crippen LogP contribution in [0, 0.1) is 6.42 Å². The normalized spacial score (nSPS) is 17.3. The van der Waals surface area contributed by atoms with Crippen molar-refractivity contribution in [3.05, 3.63) is 72.6 Å². The van der Waals surface area contributed by atoms with Crippen molar-refractivity contribution in [3.8, 4) is 0 Å². The number of primary amides is 1. The third-order valence-corrected chi connectivity index (χ3v) is 7.35. The van der Waals surface area contributed by atoms with Crippen LogP contribution < -0.4 is 10.6 Å². The fourth-order valence-electron chi connectivity index (χ4n) is 5.25. The molecule has 3 amide bonds. The van der Waals surface area contributed by atoms with Gasteiger partial charge in [-0.15, -0.1) is 0 Å². The summed E-state index contributed by atoms with van der Waals surface area (Å²) in [6, 6.07) is 20.0. The monoisotopic (exact) mass is 490 g/mol. The van der Waals surface area contributed by atoms with Crippen molar-refractivity contribution in [2.75, 3.05) is 50.8 Å². The summed E-state index contributed by atoms with van der Waals surface area (Å²) in [5.74, 6) is -0.248. The minimum Gasteiger partial charge on any atom is -0.369 e. The molecule has 8 nitrogen and oxygen atoms in total. The molecule has 0 bridgehead atoms. The summed E-state index contributed by atoms with van der Waals surface area (Å²) >= 11 is 0. The molecular formula is C28H36N5O3. The van der Waals surface area contributed by atoms with Crippen molar-refractivity contribution >= 4 is 23.4 Å². The maximum atomic E-state index is 13.8. The second kappa shape index (κ2) is 11.6. The van der Waals surface area contributed by atoms with Crippen molar-refractivity contribution < 1.29 is 14.4 Å². The van der Waals surface area contributed by atoms with Crippen molar-refractivity contribution in [2.45, 2.75) is 31.7 Å². The van der Waals surface area contributed by atoms with E-state index in [4.69, 9.17) is 5.73 Å². The smallest absolute Gasteiger partial charge is 0.250 e. The van der Waals surface area contributed by atoms with Crippen LogP contribution in [0.1, 0.15) is 25.3 Å². The Kier molecular flexibility index (Phi) is 8.25. The van der Waals surface area contributed by atoms with Gasteiger partial charge in [0.15, 0.2) is 0 Å². The molecule has 2 N–H and O–H groups in total. The molecule has 1 spiro atoms. The van der Waals surface area contributed by atoms with Crippen LogP contribution in [-0.2, 0) is 20.8 Å². The third kappa shape index (κ3) is 5.70. The first-order valence-corrected chi connectivity index (χ1v) is 12.7. The number of hydrogen-bond acceptors (Lipinski definition) is 5. The molecule has 191 valence electrons. The lowest BCUT2D eigenvalue weighted by Crippen LogP contribution is -2.57. The lowest BCUT2D eigenvalue weighted by Gasteiger charge is -2.43. The fraction of sp³-hybridized carbons (Fsp3) is 0.429. The van der Waals surface area contributed by atoms with E-state index in [9.17, 15) is 14.4 Å². The standard InChI is InChI=1S/C28H36N5O3/c1-2-30(21-25(29)34)19-20-32-22-33(24-11-7-4-8-12-24)28(27(32)36)15-17-31(18-16-28)26(35)14-13-23-9-5-3-6-10-23/h3-12,14H,2,13,15-22H2,1H3,(H2,29,34). The average molecular weight is 491 g/mol. The molecule has 2 aliphatic rings. The molecule has 36 heavy (non-hydrogen) atoms. The molecule has 4 rings (SSSR count). The van der Waals surface area contributed by atoms with Crippen LogP contribution in [0.3, 0.4) is 0 Å². The molecule has 0 unspecified atom stereocenters. The summed E-state index contributed by atoms with van der Waals surface area (Å²) in [6.45, 7) is 5.53. The number of amides is 3. The van der Waals surface area contributed by atoms with Crippen LogP contribution in [0.5, 0.6) is 0 Å². The van der Waals surface area contributed by atoms with Crippen molar-refractivity contribution in [3.63, 3.8) is 0 Å². The molecular weight excluding hydrogens is 454 g/mol. The van der Waals surface area contributed by atoms with Crippen molar-refractivity contribution in [1.82, 2.24) is 14.7 Å². The number of nitrogens with two attached hydrogens (primary N) is 1. The second-order valence-corrected chi connectivity index (χ2v) is 9.56. The highest BCUT2D eigenvalue weighted by Crippen LogP contribution is 2.39. The van der Waals surface area contributed by atoms with E-state index in [-0.39, 0.29) is 24.3 Å². The molecule has 2 heterocycles. The van der Waals surface area contributed by atoms with Gasteiger partial charge in [0.1, 0.15) is 5.54 Å². The zero-order valence-corrected chi connectivity index (χ0v) is 21.0. The van der Waals surface area contributed by atoms with E-state index in [0.717, 1.165) is 11.3 Å². The third-order valence-electron chi connectivity index (χ3n) is 7.35. The van der Waals surface area contributed by atoms with Gasteiger partial charge in [0.2, 0.25) is 17.7 Å². The summed E-state index contributed by atoms with van der Waals surface area (Å²) in [5, 5.41) is 0. The van der Waals surface area contributed by atoms with Gasteiger partial charge >= 0.3 is 0 Å². The molecule has 2 saturated heterocycles. The molecule has 2 fully saturated rings. The molecule has 0 atom stereocenters. The van der Waals surface area contributed by atoms with Crippen LogP contribution in [-0.4, -0.2) is 83.9 Å². The molecule has 2 aromatic carbocycles. The molecule has 1 radical (unpaired) electrons. The van der Waals surface area contributed by atoms with Crippen LogP contribution >= 0.6 is 0 Å². The van der Waals surface area contributed by atoms with Crippen LogP contribution in [0.4, 0.5) is 5.69 Å². The molecule has 2 aromatic rings. The highest BCUT2D eigenvalue weighted by Gasteiger charge is 2.53. The molecule has 0 aromatic heterocycles. The summed E-state index contributed by atoms with van der Waals surface area (Å²) in [6.07, 6.45) is 3.51. The molecule has 0 aliphatic carbocycles. The van der Waals surface area contributed by atoms with Crippen LogP contribution in [0.15, 0.2) is 60.7 Å². The zero-order valence-electron chi connectivity index (χ0n) is 21.0. The Morgan fingerprint density at radius 3 is 2.28 bits per heavy atom. The number of piperidine rings is 1. The van der Waals surface area contributed by atoms with Gasteiger partial charge in [-0.05, 0) is 43.5 Å². The van der Waals surface area contributed by atoms with Crippen molar-refractivity contribution in [2.24, 2.45) is 5.73 Å². The Labute approximate surface area is 213 Å². The fourth-order valence-corrected chi connectivity index (χ4v) is 5.25. The number of rotatable bonds is 10. The van der Waals surface area contributed by atoms with Crippen LogP contribution in [0.2, 0.25) is 0 Å².